The highest BCUT2D eigenvalue weighted by Gasteiger charge is 2.12. The Labute approximate surface area is 58.8 Å². The van der Waals surface area contributed by atoms with Crippen LogP contribution in [0.5, 0.6) is 0 Å². The Balaban J connectivity index is 2.01. The minimum Gasteiger partial charge on any atom is -0.307 e. The smallest absolute Gasteiger partial charge is 0.307 e. The summed E-state index contributed by atoms with van der Waals surface area (Å²) in [5.41, 5.74) is 0. The van der Waals surface area contributed by atoms with Crippen LogP contribution in [-0.2, 0) is 4.74 Å². The zero-order valence-electron chi connectivity index (χ0n) is 5.72. The maximum atomic E-state index is 11.4. The van der Waals surface area contributed by atoms with Crippen LogP contribution in [0.3, 0.4) is 0 Å². The van der Waals surface area contributed by atoms with Gasteiger partial charge in [-0.1, -0.05) is 0 Å². The average Bonchev–Trinajstić information content (AvgIpc) is 2.34. The second-order valence-corrected chi connectivity index (χ2v) is 2.38. The van der Waals surface area contributed by atoms with Crippen molar-refractivity contribution in [2.75, 3.05) is 19.8 Å². The minimum absolute atomic E-state index is 0.0810. The fraction of sp³-hybridized carbons (Fsp3) is 1.00. The lowest BCUT2D eigenvalue weighted by molar-refractivity contribution is -0.155. The Morgan fingerprint density at radius 1 is 1.30 bits per heavy atom. The van der Waals surface area contributed by atoms with Crippen LogP contribution < -0.4 is 0 Å². The quantitative estimate of drug-likeness (QED) is 0.602. The van der Waals surface area contributed by atoms with Crippen LogP contribution in [0, 0.1) is 0 Å². The number of alkyl halides is 2. The molecule has 4 heteroatoms. The molecule has 0 aliphatic carbocycles. The number of rotatable bonds is 3. The monoisotopic (exact) mass is 151 g/mol. The third-order valence-electron chi connectivity index (χ3n) is 1.58. The molecule has 0 bridgehead atoms. The van der Waals surface area contributed by atoms with Gasteiger partial charge in [-0.3, -0.25) is 4.90 Å². The van der Waals surface area contributed by atoms with Crippen molar-refractivity contribution in [2.24, 2.45) is 0 Å². The first-order chi connectivity index (χ1) is 4.79. The third-order valence-corrected chi connectivity index (χ3v) is 1.58. The summed E-state index contributed by atoms with van der Waals surface area (Å²) < 4.78 is 27.0. The second kappa shape index (κ2) is 3.83. The molecule has 1 heterocycles. The van der Waals surface area contributed by atoms with E-state index in [-0.39, 0.29) is 6.73 Å². The van der Waals surface area contributed by atoms with Gasteiger partial charge in [0.2, 0.25) is 0 Å². The molecule has 2 nitrogen and oxygen atoms in total. The highest BCUT2D eigenvalue weighted by molar-refractivity contribution is 4.61. The molecule has 1 rings (SSSR count). The molecule has 0 spiro atoms. The molecular weight excluding hydrogens is 140 g/mol. The first kappa shape index (κ1) is 7.88. The van der Waals surface area contributed by atoms with Gasteiger partial charge < -0.3 is 4.74 Å². The Hall–Kier alpha value is -0.220. The van der Waals surface area contributed by atoms with Crippen LogP contribution in [0.1, 0.15) is 12.8 Å². The summed E-state index contributed by atoms with van der Waals surface area (Å²) in [6.45, 7) is -0.752. The molecule has 60 valence electrons. The highest BCUT2D eigenvalue weighted by atomic mass is 19.3. The summed E-state index contributed by atoms with van der Waals surface area (Å²) in [4.78, 5) is 1.88. The van der Waals surface area contributed by atoms with E-state index in [1.54, 1.807) is 0 Å². The van der Waals surface area contributed by atoms with E-state index in [1.807, 2.05) is 4.90 Å². The Kier molecular flexibility index (Phi) is 3.02. The zero-order valence-corrected chi connectivity index (χ0v) is 5.72. The van der Waals surface area contributed by atoms with Gasteiger partial charge in [-0.05, 0) is 12.8 Å². The van der Waals surface area contributed by atoms with Crippen LogP contribution in [0.4, 0.5) is 8.78 Å². The lowest BCUT2D eigenvalue weighted by Crippen LogP contribution is -2.23. The first-order valence-corrected chi connectivity index (χ1v) is 3.41. The zero-order chi connectivity index (χ0) is 7.40. The minimum atomic E-state index is -2.62. The van der Waals surface area contributed by atoms with E-state index in [0.717, 1.165) is 25.9 Å². The maximum Gasteiger partial charge on any atom is 0.346 e. The molecule has 0 aromatic carbocycles. The molecule has 1 aliphatic rings. The number of halogens is 2. The Morgan fingerprint density at radius 3 is 2.40 bits per heavy atom. The van der Waals surface area contributed by atoms with Crippen molar-refractivity contribution in [1.82, 2.24) is 4.90 Å². The lowest BCUT2D eigenvalue weighted by atomic mass is 10.4. The molecule has 0 unspecified atom stereocenters. The fourth-order valence-electron chi connectivity index (χ4n) is 1.07. The van der Waals surface area contributed by atoms with Crippen molar-refractivity contribution in [2.45, 2.75) is 19.5 Å². The van der Waals surface area contributed by atoms with E-state index >= 15 is 0 Å². The Morgan fingerprint density at radius 2 is 1.90 bits per heavy atom. The van der Waals surface area contributed by atoms with Crippen LogP contribution in [-0.4, -0.2) is 31.3 Å². The lowest BCUT2D eigenvalue weighted by Gasteiger charge is -2.13. The molecule has 0 saturated carbocycles. The van der Waals surface area contributed by atoms with Crippen molar-refractivity contribution in [3.8, 4) is 0 Å². The van der Waals surface area contributed by atoms with E-state index < -0.39 is 6.61 Å². The topological polar surface area (TPSA) is 12.5 Å². The largest absolute Gasteiger partial charge is 0.346 e. The number of likely N-dealkylation sites (tertiary alicyclic amines) is 1. The fourth-order valence-corrected chi connectivity index (χ4v) is 1.07. The maximum absolute atomic E-state index is 11.4. The van der Waals surface area contributed by atoms with Crippen LogP contribution in [0.25, 0.3) is 0 Å². The van der Waals surface area contributed by atoms with E-state index in [1.165, 1.54) is 0 Å². The van der Waals surface area contributed by atoms with Gasteiger partial charge in [-0.15, -0.1) is 0 Å². The average molecular weight is 151 g/mol. The van der Waals surface area contributed by atoms with Gasteiger partial charge in [0.05, 0.1) is 0 Å². The molecule has 0 radical (unpaired) electrons. The normalized spacial score (nSPS) is 20.7. The predicted octanol–water partition coefficient (Wildman–Crippen LogP) is 1.28. The van der Waals surface area contributed by atoms with Gasteiger partial charge in [0.15, 0.2) is 0 Å². The summed E-state index contributed by atoms with van der Waals surface area (Å²) in [6, 6.07) is 0. The summed E-state index contributed by atoms with van der Waals surface area (Å²) >= 11 is 0. The van der Waals surface area contributed by atoms with E-state index in [2.05, 4.69) is 4.74 Å². The van der Waals surface area contributed by atoms with Gasteiger partial charge in [0.25, 0.3) is 0 Å². The summed E-state index contributed by atoms with van der Waals surface area (Å²) in [5.74, 6) is 0. The van der Waals surface area contributed by atoms with Gasteiger partial charge >= 0.3 is 6.61 Å². The SMILES string of the molecule is FC(F)OCN1CCCC1. The van der Waals surface area contributed by atoms with Gasteiger partial charge in [0, 0.05) is 13.1 Å². The molecule has 1 aliphatic heterocycles. The Bertz CT molecular complexity index is 93.7. The molecule has 0 atom stereocenters. The standard InChI is InChI=1S/C6H11F2NO/c7-6(8)10-5-9-3-1-2-4-9/h6H,1-5H2. The van der Waals surface area contributed by atoms with Crippen molar-refractivity contribution >= 4 is 0 Å². The van der Waals surface area contributed by atoms with E-state index in [9.17, 15) is 8.78 Å². The van der Waals surface area contributed by atoms with Crippen molar-refractivity contribution < 1.29 is 13.5 Å². The summed E-state index contributed by atoms with van der Waals surface area (Å²) in [7, 11) is 0. The molecule has 10 heavy (non-hydrogen) atoms. The van der Waals surface area contributed by atoms with E-state index in [0.29, 0.717) is 0 Å². The van der Waals surface area contributed by atoms with Gasteiger partial charge in [0.1, 0.15) is 6.73 Å². The van der Waals surface area contributed by atoms with Crippen LogP contribution in [0.2, 0.25) is 0 Å². The molecule has 0 aromatic rings. The number of nitrogens with zero attached hydrogens (tertiary/aromatic N) is 1. The highest BCUT2D eigenvalue weighted by Crippen LogP contribution is 2.07. The van der Waals surface area contributed by atoms with Crippen molar-refractivity contribution in [3.63, 3.8) is 0 Å². The molecular formula is C6H11F2NO. The number of ether oxygens (including phenoxy) is 1. The first-order valence-electron chi connectivity index (χ1n) is 3.41. The second-order valence-electron chi connectivity index (χ2n) is 2.38. The summed E-state index contributed by atoms with van der Waals surface area (Å²) in [5, 5.41) is 0. The molecule has 1 fully saturated rings. The van der Waals surface area contributed by atoms with Gasteiger partial charge in [-0.2, -0.15) is 8.78 Å². The molecule has 0 aromatic heterocycles. The summed E-state index contributed by atoms with van der Waals surface area (Å²) in [6.07, 6.45) is 2.21. The van der Waals surface area contributed by atoms with Gasteiger partial charge in [-0.25, -0.2) is 0 Å². The van der Waals surface area contributed by atoms with Crippen LogP contribution in [0.15, 0.2) is 0 Å². The number of hydrogen-bond donors (Lipinski definition) is 0. The number of hydrogen-bond acceptors (Lipinski definition) is 2. The molecule has 0 amide bonds. The molecule has 0 N–H and O–H groups in total. The third kappa shape index (κ3) is 2.58. The van der Waals surface area contributed by atoms with E-state index in [4.69, 9.17) is 0 Å². The van der Waals surface area contributed by atoms with Crippen molar-refractivity contribution in [3.05, 3.63) is 0 Å². The van der Waals surface area contributed by atoms with Crippen LogP contribution >= 0.6 is 0 Å². The van der Waals surface area contributed by atoms with Crippen molar-refractivity contribution in [1.29, 1.82) is 0 Å². The molecule has 1 saturated heterocycles. The predicted molar refractivity (Wildman–Crippen MR) is 32.8 cm³/mol.